The maximum absolute atomic E-state index is 13.5. The minimum atomic E-state index is -4.25. The molecule has 1 aliphatic rings. The molecule has 0 radical (unpaired) electrons. The lowest BCUT2D eigenvalue weighted by atomic mass is 9.72. The predicted molar refractivity (Wildman–Crippen MR) is 131 cm³/mol. The number of hydroxylamine groups is 1. The molecule has 5 N–H and O–H groups in total. The van der Waals surface area contributed by atoms with E-state index in [0.717, 1.165) is 19.3 Å². The maximum atomic E-state index is 13.5. The summed E-state index contributed by atoms with van der Waals surface area (Å²) in [5, 5.41) is 10.6. The molecular weight excluding hydrogens is 494 g/mol. The van der Waals surface area contributed by atoms with Gasteiger partial charge in [0.2, 0.25) is 5.91 Å². The molecule has 0 saturated heterocycles. The Morgan fingerprint density at radius 1 is 1.09 bits per heavy atom. The van der Waals surface area contributed by atoms with Gasteiger partial charge in [-0.05, 0) is 67.3 Å². The number of ether oxygens (including phenoxy) is 1. The molecule has 2 aromatic carbocycles. The quantitative estimate of drug-likeness (QED) is 0.291. The van der Waals surface area contributed by atoms with Crippen molar-refractivity contribution in [1.29, 1.82) is 0 Å². The van der Waals surface area contributed by atoms with E-state index in [0.29, 0.717) is 29.4 Å². The van der Waals surface area contributed by atoms with Crippen LogP contribution in [0.4, 0.5) is 0 Å². The van der Waals surface area contributed by atoms with Crippen molar-refractivity contribution in [2.24, 2.45) is 11.7 Å². The van der Waals surface area contributed by atoms with Gasteiger partial charge in [-0.15, -0.1) is 0 Å². The van der Waals surface area contributed by atoms with Gasteiger partial charge in [0, 0.05) is 18.5 Å². The van der Waals surface area contributed by atoms with E-state index in [9.17, 15) is 23.2 Å². The highest BCUT2D eigenvalue weighted by atomic mass is 35.5. The Hall–Kier alpha value is -2.66. The second-order valence-electron chi connectivity index (χ2n) is 8.70. The van der Waals surface area contributed by atoms with Gasteiger partial charge in [0.1, 0.15) is 22.3 Å². The zero-order chi connectivity index (χ0) is 25.6. The molecule has 0 heterocycles. The van der Waals surface area contributed by atoms with Gasteiger partial charge in [0.25, 0.3) is 5.91 Å². The Kier molecular flexibility index (Phi) is 8.76. The van der Waals surface area contributed by atoms with Gasteiger partial charge in [-0.2, -0.15) is 0 Å². The minimum Gasteiger partial charge on any atom is -0.457 e. The van der Waals surface area contributed by atoms with Crippen LogP contribution in [0.15, 0.2) is 53.4 Å². The van der Waals surface area contributed by atoms with Crippen LogP contribution in [0.1, 0.15) is 38.5 Å². The molecule has 3 rings (SSSR count). The molecule has 2 aromatic rings. The standard InChI is InChI=1S/C24H30ClN3O6S/c1-27-22(29)21(15-24(26,23(30)28-31)16-5-3-2-4-6-16)35(32,33)20-13-11-19(12-14-20)34-18-9-7-17(25)8-10-18/h7-14,16,21,31H,2-6,15,26H2,1H3,(H,27,29)(H,28,30)/t21-,24?/m1/s1. The fraction of sp³-hybridized carbons (Fsp3) is 0.417. The molecular formula is C24H30ClN3O6S. The smallest absolute Gasteiger partial charge is 0.263 e. The highest BCUT2D eigenvalue weighted by Crippen LogP contribution is 2.36. The van der Waals surface area contributed by atoms with Crippen LogP contribution in [0.3, 0.4) is 0 Å². The molecule has 0 bridgehead atoms. The summed E-state index contributed by atoms with van der Waals surface area (Å²) < 4.78 is 32.8. The molecule has 9 nitrogen and oxygen atoms in total. The molecule has 0 spiro atoms. The van der Waals surface area contributed by atoms with Crippen LogP contribution in [0.25, 0.3) is 0 Å². The summed E-state index contributed by atoms with van der Waals surface area (Å²) in [4.78, 5) is 25.3. The summed E-state index contributed by atoms with van der Waals surface area (Å²) in [7, 11) is -2.93. The van der Waals surface area contributed by atoms with Crippen molar-refractivity contribution in [2.75, 3.05) is 7.05 Å². The molecule has 11 heteroatoms. The molecule has 0 aromatic heterocycles. The molecule has 0 aliphatic heterocycles. The van der Waals surface area contributed by atoms with Gasteiger partial charge in [-0.3, -0.25) is 14.8 Å². The number of amides is 2. The monoisotopic (exact) mass is 523 g/mol. The third-order valence-corrected chi connectivity index (χ3v) is 8.81. The predicted octanol–water partition coefficient (Wildman–Crippen LogP) is 3.19. The number of hydrogen-bond acceptors (Lipinski definition) is 7. The summed E-state index contributed by atoms with van der Waals surface area (Å²) in [5.41, 5.74) is 6.31. The van der Waals surface area contributed by atoms with Crippen LogP contribution in [0.5, 0.6) is 11.5 Å². The molecule has 35 heavy (non-hydrogen) atoms. The zero-order valence-corrected chi connectivity index (χ0v) is 20.9. The number of nitrogens with two attached hydrogens (primary N) is 1. The van der Waals surface area contributed by atoms with Crippen LogP contribution < -0.4 is 21.3 Å². The lowest BCUT2D eigenvalue weighted by Crippen LogP contribution is -2.62. The number of carbonyl (C=O) groups is 2. The number of halogens is 1. The van der Waals surface area contributed by atoms with Crippen LogP contribution in [-0.2, 0) is 19.4 Å². The van der Waals surface area contributed by atoms with Crippen molar-refractivity contribution in [1.82, 2.24) is 10.8 Å². The van der Waals surface area contributed by atoms with Gasteiger partial charge >= 0.3 is 0 Å². The van der Waals surface area contributed by atoms with Crippen molar-refractivity contribution < 1.29 is 28.0 Å². The van der Waals surface area contributed by atoms with E-state index in [2.05, 4.69) is 5.32 Å². The Balaban J connectivity index is 1.90. The van der Waals surface area contributed by atoms with Crippen LogP contribution in [-0.4, -0.2) is 43.3 Å². The number of carbonyl (C=O) groups excluding carboxylic acids is 2. The second-order valence-corrected chi connectivity index (χ2v) is 11.3. The molecule has 2 amide bonds. The minimum absolute atomic E-state index is 0.120. The Labute approximate surface area is 209 Å². The zero-order valence-electron chi connectivity index (χ0n) is 19.4. The van der Waals surface area contributed by atoms with E-state index in [1.807, 2.05) is 0 Å². The molecule has 2 atom stereocenters. The summed E-state index contributed by atoms with van der Waals surface area (Å²) in [6.45, 7) is 0. The fourth-order valence-corrected chi connectivity index (χ4v) is 6.34. The first-order chi connectivity index (χ1) is 16.6. The van der Waals surface area contributed by atoms with Crippen molar-refractivity contribution >= 4 is 33.3 Å². The summed E-state index contributed by atoms with van der Waals surface area (Å²) in [5.74, 6) is -1.16. The van der Waals surface area contributed by atoms with Crippen LogP contribution in [0, 0.1) is 5.92 Å². The van der Waals surface area contributed by atoms with Gasteiger partial charge in [0.15, 0.2) is 9.84 Å². The summed E-state index contributed by atoms with van der Waals surface area (Å²) in [6, 6.07) is 12.3. The Morgan fingerprint density at radius 3 is 2.14 bits per heavy atom. The van der Waals surface area contributed by atoms with Gasteiger partial charge in [-0.1, -0.05) is 30.9 Å². The van der Waals surface area contributed by atoms with E-state index in [1.54, 1.807) is 29.7 Å². The molecule has 1 aliphatic carbocycles. The van der Waals surface area contributed by atoms with Crippen molar-refractivity contribution in [3.63, 3.8) is 0 Å². The Bertz CT molecular complexity index is 1130. The average Bonchev–Trinajstić information content (AvgIpc) is 2.88. The number of hydrogen-bond donors (Lipinski definition) is 4. The van der Waals surface area contributed by atoms with Crippen molar-refractivity contribution in [3.05, 3.63) is 53.6 Å². The molecule has 1 fully saturated rings. The average molecular weight is 524 g/mol. The van der Waals surface area contributed by atoms with Crippen molar-refractivity contribution in [3.8, 4) is 11.5 Å². The van der Waals surface area contributed by atoms with E-state index < -0.39 is 38.9 Å². The first kappa shape index (κ1) is 26.9. The fourth-order valence-electron chi connectivity index (χ4n) is 4.48. The number of benzene rings is 2. The lowest BCUT2D eigenvalue weighted by Gasteiger charge is -2.39. The maximum Gasteiger partial charge on any atom is 0.263 e. The van der Waals surface area contributed by atoms with E-state index in [4.69, 9.17) is 22.1 Å². The van der Waals surface area contributed by atoms with Gasteiger partial charge in [-0.25, -0.2) is 13.9 Å². The normalized spacial score (nSPS) is 17.1. The Morgan fingerprint density at radius 2 is 1.63 bits per heavy atom. The summed E-state index contributed by atoms with van der Waals surface area (Å²) >= 11 is 5.87. The van der Waals surface area contributed by atoms with E-state index >= 15 is 0 Å². The third-order valence-electron chi connectivity index (χ3n) is 6.50. The first-order valence-electron chi connectivity index (χ1n) is 11.3. The molecule has 1 saturated carbocycles. The van der Waals surface area contributed by atoms with Gasteiger partial charge < -0.3 is 15.8 Å². The largest absolute Gasteiger partial charge is 0.457 e. The van der Waals surface area contributed by atoms with Crippen LogP contribution >= 0.6 is 11.6 Å². The lowest BCUT2D eigenvalue weighted by molar-refractivity contribution is -0.138. The van der Waals surface area contributed by atoms with E-state index in [-0.39, 0.29) is 10.8 Å². The molecule has 1 unspecified atom stereocenters. The van der Waals surface area contributed by atoms with Crippen molar-refractivity contribution in [2.45, 2.75) is 54.2 Å². The van der Waals surface area contributed by atoms with E-state index in [1.165, 1.54) is 31.3 Å². The topological polar surface area (TPSA) is 148 Å². The molecule has 190 valence electrons. The summed E-state index contributed by atoms with van der Waals surface area (Å²) in [6.07, 6.45) is 3.36. The number of sulfone groups is 1. The number of nitrogens with one attached hydrogen (secondary N) is 2. The third kappa shape index (κ3) is 6.13. The highest BCUT2D eigenvalue weighted by Gasteiger charge is 2.48. The van der Waals surface area contributed by atoms with Crippen LogP contribution in [0.2, 0.25) is 5.02 Å². The first-order valence-corrected chi connectivity index (χ1v) is 13.3. The van der Waals surface area contributed by atoms with Gasteiger partial charge in [0.05, 0.1) is 4.90 Å². The SMILES string of the molecule is CNC(=O)[C@@H](CC(N)(C(=O)NO)C1CCCCC1)S(=O)(=O)c1ccc(Oc2ccc(Cl)cc2)cc1. The highest BCUT2D eigenvalue weighted by molar-refractivity contribution is 7.92. The number of rotatable bonds is 9. The second kappa shape index (κ2) is 11.4.